The predicted octanol–water partition coefficient (Wildman–Crippen LogP) is 2.93. The summed E-state index contributed by atoms with van der Waals surface area (Å²) in [7, 11) is 0. The second-order valence-electron chi connectivity index (χ2n) is 9.48. The molecule has 1 saturated heterocycles. The molecule has 0 radical (unpaired) electrons. The summed E-state index contributed by atoms with van der Waals surface area (Å²) < 4.78 is 8.42. The topological polar surface area (TPSA) is 99.2 Å². The summed E-state index contributed by atoms with van der Waals surface area (Å²) in [6, 6.07) is 3.84. The lowest BCUT2D eigenvalue weighted by Crippen LogP contribution is -2.38. The summed E-state index contributed by atoms with van der Waals surface area (Å²) in [6.07, 6.45) is 9.91. The molecule has 2 aliphatic carbocycles. The molecule has 2 aromatic heterocycles. The van der Waals surface area contributed by atoms with Crippen molar-refractivity contribution in [2.24, 2.45) is 17.8 Å². The number of pyridine rings is 1. The van der Waals surface area contributed by atoms with Crippen LogP contribution in [-0.2, 0) is 9.53 Å². The van der Waals surface area contributed by atoms with E-state index in [-0.39, 0.29) is 12.1 Å². The fraction of sp³-hybridized carbons (Fsp3) is 0.652. The Labute approximate surface area is 183 Å². The van der Waals surface area contributed by atoms with E-state index in [4.69, 9.17) is 10.5 Å². The Morgan fingerprint density at radius 2 is 2.03 bits per heavy atom. The number of nitrogen functional groups attached to an aromatic ring is 1. The number of nitrogens with two attached hydrogens (primary N) is 1. The lowest BCUT2D eigenvalue weighted by molar-refractivity contribution is -0.130. The van der Waals surface area contributed by atoms with Gasteiger partial charge < -0.3 is 15.4 Å². The fourth-order valence-electron chi connectivity index (χ4n) is 5.10. The highest BCUT2D eigenvalue weighted by molar-refractivity contribution is 5.76. The first-order chi connectivity index (χ1) is 15.1. The monoisotopic (exact) mass is 424 g/mol. The maximum absolute atomic E-state index is 12.5. The molecule has 0 unspecified atom stereocenters. The van der Waals surface area contributed by atoms with Gasteiger partial charge >= 0.3 is 0 Å². The first kappa shape index (κ1) is 20.4. The average molecular weight is 425 g/mol. The third kappa shape index (κ3) is 4.44. The van der Waals surface area contributed by atoms with E-state index in [0.29, 0.717) is 30.0 Å². The van der Waals surface area contributed by atoms with Crippen LogP contribution in [0.1, 0.15) is 51.5 Å². The molecule has 0 bridgehead atoms. The zero-order chi connectivity index (χ0) is 21.4. The smallest absolute Gasteiger partial charge is 0.222 e. The number of fused-ring (bicyclic) bond motifs is 1. The van der Waals surface area contributed by atoms with Crippen LogP contribution in [0.2, 0.25) is 0 Å². The van der Waals surface area contributed by atoms with Gasteiger partial charge in [0.2, 0.25) is 5.91 Å². The number of nitrogens with zero attached hydrogens (tertiary/aromatic N) is 5. The molecule has 1 aliphatic heterocycles. The molecule has 2 aromatic rings. The zero-order valence-corrected chi connectivity index (χ0v) is 18.2. The SMILES string of the molecule is CCCC(=O)N1C[C@H]2C[C@@H](n3cc(-c4ccc(N)nc4)nn3)[C@H](OCC3CC3)C[C@H]2C1. The second-order valence-corrected chi connectivity index (χ2v) is 9.48. The number of aromatic nitrogens is 4. The maximum atomic E-state index is 12.5. The Bertz CT molecular complexity index is 909. The van der Waals surface area contributed by atoms with E-state index >= 15 is 0 Å². The number of hydrogen-bond acceptors (Lipinski definition) is 6. The lowest BCUT2D eigenvalue weighted by atomic mass is 9.77. The van der Waals surface area contributed by atoms with Crippen LogP contribution in [0.3, 0.4) is 0 Å². The molecule has 166 valence electrons. The van der Waals surface area contributed by atoms with Crippen molar-refractivity contribution in [3.05, 3.63) is 24.5 Å². The number of rotatable bonds is 7. The first-order valence-corrected chi connectivity index (χ1v) is 11.6. The molecule has 0 spiro atoms. The molecule has 2 N–H and O–H groups in total. The van der Waals surface area contributed by atoms with Gasteiger partial charge in [-0.3, -0.25) is 4.79 Å². The van der Waals surface area contributed by atoms with Gasteiger partial charge in [0, 0.05) is 37.9 Å². The van der Waals surface area contributed by atoms with E-state index in [1.54, 1.807) is 12.3 Å². The molecule has 1 amide bonds. The molecular weight excluding hydrogens is 392 g/mol. The van der Waals surface area contributed by atoms with Crippen LogP contribution in [0, 0.1) is 17.8 Å². The van der Waals surface area contributed by atoms with E-state index in [1.807, 2.05) is 16.9 Å². The molecule has 8 nitrogen and oxygen atoms in total. The molecule has 5 rings (SSSR count). The average Bonchev–Trinajstić information content (AvgIpc) is 3.30. The summed E-state index contributed by atoms with van der Waals surface area (Å²) >= 11 is 0. The third-order valence-corrected chi connectivity index (χ3v) is 7.08. The highest BCUT2D eigenvalue weighted by Gasteiger charge is 2.45. The lowest BCUT2D eigenvalue weighted by Gasteiger charge is -2.37. The Morgan fingerprint density at radius 1 is 1.23 bits per heavy atom. The number of ether oxygens (including phenoxy) is 1. The Kier molecular flexibility index (Phi) is 5.65. The van der Waals surface area contributed by atoms with Gasteiger partial charge in [-0.25, -0.2) is 9.67 Å². The van der Waals surface area contributed by atoms with Crippen molar-refractivity contribution in [3.8, 4) is 11.3 Å². The highest BCUT2D eigenvalue weighted by atomic mass is 16.5. The van der Waals surface area contributed by atoms with E-state index in [9.17, 15) is 4.79 Å². The van der Waals surface area contributed by atoms with Crippen LogP contribution in [-0.4, -0.2) is 56.6 Å². The molecule has 3 aliphatic rings. The standard InChI is InChI=1S/C23H32N6O2/c1-2-3-23(30)28-11-17-8-20(21(9-18(17)12-28)31-14-15-4-5-15)29-13-19(26-27-29)16-6-7-22(24)25-10-16/h6-7,10,13,15,17-18,20-21H,2-5,8-9,11-12,14H2,1H3,(H2,24,25)/t17-,18+,20-,21-/m1/s1. The van der Waals surface area contributed by atoms with Gasteiger partial charge in [-0.05, 0) is 62.0 Å². The highest BCUT2D eigenvalue weighted by Crippen LogP contribution is 2.43. The van der Waals surface area contributed by atoms with Crippen molar-refractivity contribution in [1.82, 2.24) is 24.9 Å². The van der Waals surface area contributed by atoms with Gasteiger partial charge in [0.1, 0.15) is 11.5 Å². The van der Waals surface area contributed by atoms with Crippen molar-refractivity contribution < 1.29 is 9.53 Å². The van der Waals surface area contributed by atoms with Gasteiger partial charge in [-0.1, -0.05) is 12.1 Å². The zero-order valence-electron chi connectivity index (χ0n) is 18.2. The van der Waals surface area contributed by atoms with Gasteiger partial charge in [-0.2, -0.15) is 0 Å². The van der Waals surface area contributed by atoms with E-state index < -0.39 is 0 Å². The van der Waals surface area contributed by atoms with Gasteiger partial charge in [0.15, 0.2) is 0 Å². The normalized spacial score (nSPS) is 28.0. The molecule has 2 saturated carbocycles. The Morgan fingerprint density at radius 3 is 2.74 bits per heavy atom. The van der Waals surface area contributed by atoms with Gasteiger partial charge in [0.25, 0.3) is 0 Å². The third-order valence-electron chi connectivity index (χ3n) is 7.08. The van der Waals surface area contributed by atoms with Crippen LogP contribution in [0.5, 0.6) is 0 Å². The number of hydrogen-bond donors (Lipinski definition) is 1. The molecule has 3 heterocycles. The minimum absolute atomic E-state index is 0.113. The fourth-order valence-corrected chi connectivity index (χ4v) is 5.10. The number of likely N-dealkylation sites (tertiary alicyclic amines) is 1. The van der Waals surface area contributed by atoms with Crippen LogP contribution >= 0.6 is 0 Å². The summed E-state index contributed by atoms with van der Waals surface area (Å²) in [5, 5.41) is 8.87. The van der Waals surface area contributed by atoms with Crippen LogP contribution in [0.15, 0.2) is 24.5 Å². The minimum atomic E-state index is 0.113. The Hall–Kier alpha value is -2.48. The van der Waals surface area contributed by atoms with Crippen LogP contribution in [0.25, 0.3) is 11.3 Å². The molecule has 3 fully saturated rings. The summed E-state index contributed by atoms with van der Waals surface area (Å²) in [4.78, 5) is 18.7. The van der Waals surface area contributed by atoms with Gasteiger partial charge in [0.05, 0.1) is 18.3 Å². The molecule has 8 heteroatoms. The van der Waals surface area contributed by atoms with Crippen molar-refractivity contribution in [2.75, 3.05) is 25.4 Å². The Balaban J connectivity index is 1.34. The summed E-state index contributed by atoms with van der Waals surface area (Å²) in [5.74, 6) is 2.52. The molecular formula is C23H32N6O2. The number of carbonyl (C=O) groups is 1. The predicted molar refractivity (Wildman–Crippen MR) is 117 cm³/mol. The largest absolute Gasteiger partial charge is 0.384 e. The van der Waals surface area contributed by atoms with Gasteiger partial charge in [-0.15, -0.1) is 5.10 Å². The van der Waals surface area contributed by atoms with Crippen LogP contribution in [0.4, 0.5) is 5.82 Å². The number of amides is 1. The molecule has 0 aromatic carbocycles. The maximum Gasteiger partial charge on any atom is 0.222 e. The second kappa shape index (κ2) is 8.57. The van der Waals surface area contributed by atoms with E-state index in [0.717, 1.165) is 56.1 Å². The molecule has 4 atom stereocenters. The quantitative estimate of drug-likeness (QED) is 0.734. The number of carbonyl (C=O) groups excluding carboxylic acids is 1. The van der Waals surface area contributed by atoms with Crippen molar-refractivity contribution >= 4 is 11.7 Å². The van der Waals surface area contributed by atoms with Crippen molar-refractivity contribution in [2.45, 2.75) is 57.6 Å². The minimum Gasteiger partial charge on any atom is -0.384 e. The van der Waals surface area contributed by atoms with Crippen molar-refractivity contribution in [1.29, 1.82) is 0 Å². The molecule has 31 heavy (non-hydrogen) atoms. The van der Waals surface area contributed by atoms with E-state index in [1.165, 1.54) is 12.8 Å². The van der Waals surface area contributed by atoms with Crippen LogP contribution < -0.4 is 5.73 Å². The van der Waals surface area contributed by atoms with E-state index in [2.05, 4.69) is 27.1 Å². The van der Waals surface area contributed by atoms with Crippen molar-refractivity contribution in [3.63, 3.8) is 0 Å². The summed E-state index contributed by atoms with van der Waals surface area (Å²) in [5.41, 5.74) is 7.41. The summed E-state index contributed by atoms with van der Waals surface area (Å²) in [6.45, 7) is 4.64. The first-order valence-electron chi connectivity index (χ1n) is 11.6. The number of anilines is 1.